The minimum Gasteiger partial charge on any atom is -0.469 e. The molecule has 146 valence electrons. The Hall–Kier alpha value is -1.13. The largest absolute Gasteiger partial charge is 0.469 e. The maximum atomic E-state index is 14.5. The Bertz CT molecular complexity index is 624. The molecule has 3 saturated carbocycles. The number of ether oxygens (including phenoxy) is 1. The number of methoxy groups -OCH3 is 1. The van der Waals surface area contributed by atoms with Crippen LogP contribution in [0.1, 0.15) is 58.8 Å². The van der Waals surface area contributed by atoms with Crippen molar-refractivity contribution in [2.75, 3.05) is 14.2 Å². The monoisotopic (exact) mass is 365 g/mol. The van der Waals surface area contributed by atoms with Crippen molar-refractivity contribution in [3.63, 3.8) is 0 Å². The summed E-state index contributed by atoms with van der Waals surface area (Å²) in [7, 11) is 3.28. The van der Waals surface area contributed by atoms with Gasteiger partial charge in [-0.2, -0.15) is 0 Å². The molecular weight excluding hydrogens is 333 g/mol. The molecule has 0 spiro atoms. The molecule has 0 aromatic rings. The lowest BCUT2D eigenvalue weighted by atomic mass is 9.46. The van der Waals surface area contributed by atoms with Gasteiger partial charge >= 0.3 is 5.97 Å². The Labute approximate surface area is 155 Å². The van der Waals surface area contributed by atoms with Crippen LogP contribution in [0.4, 0.5) is 4.39 Å². The van der Waals surface area contributed by atoms with Gasteiger partial charge in [0.05, 0.1) is 13.0 Å². The predicted octanol–water partition coefficient (Wildman–Crippen LogP) is 3.59. The van der Waals surface area contributed by atoms with E-state index < -0.39 is 6.17 Å². The molecule has 1 amide bonds. The second-order valence-corrected chi connectivity index (χ2v) is 9.79. The normalized spacial score (nSPS) is 50.7. The van der Waals surface area contributed by atoms with Crippen molar-refractivity contribution in [3.8, 4) is 0 Å². The number of rotatable bonds is 1. The second kappa shape index (κ2) is 5.93. The van der Waals surface area contributed by atoms with E-state index in [2.05, 4.69) is 13.8 Å². The highest BCUT2D eigenvalue weighted by atomic mass is 19.1. The van der Waals surface area contributed by atoms with Gasteiger partial charge in [-0.05, 0) is 73.5 Å². The number of alkyl halides is 1. The van der Waals surface area contributed by atoms with Crippen LogP contribution < -0.4 is 0 Å². The summed E-state index contributed by atoms with van der Waals surface area (Å²) in [5.41, 5.74) is -0.126. The maximum absolute atomic E-state index is 14.5. The predicted molar refractivity (Wildman–Crippen MR) is 96.0 cm³/mol. The molecule has 0 bridgehead atoms. The molecule has 0 aromatic carbocycles. The maximum Gasteiger partial charge on any atom is 0.309 e. The number of likely N-dealkylation sites (tertiary alicyclic amines) is 1. The minimum absolute atomic E-state index is 0.00788. The van der Waals surface area contributed by atoms with Crippen LogP contribution in [0.25, 0.3) is 0 Å². The van der Waals surface area contributed by atoms with Gasteiger partial charge in [-0.3, -0.25) is 9.59 Å². The van der Waals surface area contributed by atoms with Gasteiger partial charge in [-0.25, -0.2) is 4.39 Å². The summed E-state index contributed by atoms with van der Waals surface area (Å²) in [6.07, 6.45) is 5.09. The minimum atomic E-state index is -1.36. The molecular formula is C21H32FNO3. The molecule has 0 N–H and O–H groups in total. The third-order valence-electron chi connectivity index (χ3n) is 9.01. The molecule has 1 heterocycles. The smallest absolute Gasteiger partial charge is 0.309 e. The zero-order valence-corrected chi connectivity index (χ0v) is 16.5. The second-order valence-electron chi connectivity index (χ2n) is 9.79. The lowest BCUT2D eigenvalue weighted by Gasteiger charge is -2.62. The molecule has 4 nitrogen and oxygen atoms in total. The highest BCUT2D eigenvalue weighted by Crippen LogP contribution is 2.66. The molecule has 4 rings (SSSR count). The van der Waals surface area contributed by atoms with Crippen molar-refractivity contribution in [1.29, 1.82) is 0 Å². The third kappa shape index (κ3) is 2.24. The van der Waals surface area contributed by atoms with Gasteiger partial charge in [-0.1, -0.05) is 13.8 Å². The Morgan fingerprint density at radius 3 is 2.50 bits per heavy atom. The standard InChI is InChI=1S/C21H32FNO3/c1-20-10-9-14-12(13(20)6-7-15(20)19(25)26-4)5-8-17-21(14,2)11-16(22)18(24)23(17)3/h12-17H,5-11H2,1-4H3/t12-,13-,14+,15?,16?,17?,20-,21+/m0/s1. The first-order valence-electron chi connectivity index (χ1n) is 10.2. The average Bonchev–Trinajstić information content (AvgIpc) is 2.96. The van der Waals surface area contributed by atoms with Gasteiger partial charge in [-0.15, -0.1) is 0 Å². The fraction of sp³-hybridized carbons (Fsp3) is 0.905. The third-order valence-corrected chi connectivity index (χ3v) is 9.01. The summed E-state index contributed by atoms with van der Waals surface area (Å²) < 4.78 is 19.6. The van der Waals surface area contributed by atoms with Gasteiger partial charge in [0.2, 0.25) is 0 Å². The molecule has 0 radical (unpaired) electrons. The summed E-state index contributed by atoms with van der Waals surface area (Å²) in [5.74, 6) is 1.12. The molecule has 26 heavy (non-hydrogen) atoms. The number of carbonyl (C=O) groups excluding carboxylic acids is 2. The lowest BCUT2D eigenvalue weighted by molar-refractivity contribution is -0.171. The highest BCUT2D eigenvalue weighted by molar-refractivity contribution is 5.82. The van der Waals surface area contributed by atoms with Gasteiger partial charge in [0.25, 0.3) is 5.91 Å². The van der Waals surface area contributed by atoms with Crippen molar-refractivity contribution in [2.24, 2.45) is 34.5 Å². The fourth-order valence-corrected chi connectivity index (χ4v) is 7.74. The highest BCUT2D eigenvalue weighted by Gasteiger charge is 2.63. The molecule has 3 unspecified atom stereocenters. The Morgan fingerprint density at radius 2 is 1.81 bits per heavy atom. The molecule has 8 atom stereocenters. The van der Waals surface area contributed by atoms with Crippen LogP contribution in [0.3, 0.4) is 0 Å². The van der Waals surface area contributed by atoms with E-state index in [1.165, 1.54) is 7.11 Å². The number of amides is 1. The van der Waals surface area contributed by atoms with Crippen LogP contribution in [0.2, 0.25) is 0 Å². The van der Waals surface area contributed by atoms with E-state index in [0.717, 1.165) is 38.5 Å². The molecule has 0 aromatic heterocycles. The van der Waals surface area contributed by atoms with E-state index in [9.17, 15) is 14.0 Å². The number of halogens is 1. The molecule has 3 aliphatic carbocycles. The Kier molecular flexibility index (Phi) is 4.16. The first kappa shape index (κ1) is 18.2. The number of nitrogens with zero attached hydrogens (tertiary/aromatic N) is 1. The summed E-state index contributed by atoms with van der Waals surface area (Å²) in [6.45, 7) is 4.50. The molecule has 4 aliphatic rings. The molecule has 5 heteroatoms. The number of fused-ring (bicyclic) bond motifs is 5. The van der Waals surface area contributed by atoms with Gasteiger partial charge in [0, 0.05) is 13.1 Å². The van der Waals surface area contributed by atoms with E-state index in [1.54, 1.807) is 11.9 Å². The summed E-state index contributed by atoms with van der Waals surface area (Å²) in [4.78, 5) is 26.2. The number of piperidine rings is 1. The van der Waals surface area contributed by atoms with Crippen LogP contribution in [0.15, 0.2) is 0 Å². The summed E-state index contributed by atoms with van der Waals surface area (Å²) >= 11 is 0. The van der Waals surface area contributed by atoms with Gasteiger partial charge in [0.1, 0.15) is 0 Å². The zero-order chi connectivity index (χ0) is 18.9. The Balaban J connectivity index is 1.64. The topological polar surface area (TPSA) is 46.6 Å². The van der Waals surface area contributed by atoms with Crippen LogP contribution >= 0.6 is 0 Å². The van der Waals surface area contributed by atoms with Crippen molar-refractivity contribution in [3.05, 3.63) is 0 Å². The summed E-state index contributed by atoms with van der Waals surface area (Å²) in [5, 5.41) is 0. The van der Waals surface area contributed by atoms with E-state index >= 15 is 0 Å². The lowest BCUT2D eigenvalue weighted by Crippen LogP contribution is -2.64. The van der Waals surface area contributed by atoms with Crippen LogP contribution in [-0.2, 0) is 14.3 Å². The van der Waals surface area contributed by atoms with Crippen LogP contribution in [0, 0.1) is 34.5 Å². The Morgan fingerprint density at radius 1 is 1.12 bits per heavy atom. The quantitative estimate of drug-likeness (QED) is 0.667. The average molecular weight is 365 g/mol. The number of hydrogen-bond acceptors (Lipinski definition) is 3. The van der Waals surface area contributed by atoms with E-state index in [1.807, 2.05) is 0 Å². The van der Waals surface area contributed by atoms with Crippen LogP contribution in [0.5, 0.6) is 0 Å². The van der Waals surface area contributed by atoms with Gasteiger partial charge in [0.15, 0.2) is 6.17 Å². The van der Waals surface area contributed by atoms with Crippen molar-refractivity contribution < 1.29 is 18.7 Å². The van der Waals surface area contributed by atoms with E-state index in [0.29, 0.717) is 24.2 Å². The number of carbonyl (C=O) groups is 2. The van der Waals surface area contributed by atoms with Gasteiger partial charge < -0.3 is 9.64 Å². The summed E-state index contributed by atoms with van der Waals surface area (Å²) in [6, 6.07) is 0.158. The SMILES string of the molecule is COC(=O)C1CC[C@H]2[C@@H]3CCC4N(C)C(=O)C(F)C[C@]4(C)[C@@H]3CC[C@]12C. The first-order chi connectivity index (χ1) is 12.2. The van der Waals surface area contributed by atoms with Crippen molar-refractivity contribution in [1.82, 2.24) is 4.90 Å². The first-order valence-corrected chi connectivity index (χ1v) is 10.2. The zero-order valence-electron chi connectivity index (χ0n) is 16.5. The van der Waals surface area contributed by atoms with Crippen molar-refractivity contribution >= 4 is 11.9 Å². The van der Waals surface area contributed by atoms with E-state index in [4.69, 9.17) is 4.74 Å². The van der Waals surface area contributed by atoms with Crippen LogP contribution in [-0.4, -0.2) is 43.1 Å². The number of esters is 1. The van der Waals surface area contributed by atoms with E-state index in [-0.39, 0.29) is 34.7 Å². The molecule has 1 aliphatic heterocycles. The number of hydrogen-bond donors (Lipinski definition) is 0. The van der Waals surface area contributed by atoms with Crippen molar-refractivity contribution in [2.45, 2.75) is 71.0 Å². The fourth-order valence-electron chi connectivity index (χ4n) is 7.74. The molecule has 1 saturated heterocycles. The molecule has 4 fully saturated rings.